The highest BCUT2D eigenvalue weighted by molar-refractivity contribution is 6.16. The summed E-state index contributed by atoms with van der Waals surface area (Å²) in [6, 6.07) is 0.508. The molecule has 2 rings (SSSR count). The van der Waals surface area contributed by atoms with E-state index in [0.29, 0.717) is 12.1 Å². The van der Waals surface area contributed by atoms with E-state index in [1.54, 1.807) is 0 Å². The van der Waals surface area contributed by atoms with Crippen LogP contribution in [0.4, 0.5) is 0 Å². The van der Waals surface area contributed by atoms with Crippen molar-refractivity contribution in [2.24, 2.45) is 5.92 Å². The molecule has 7 N–H and O–H groups in total. The maximum atomic E-state index is 11.7. The lowest BCUT2D eigenvalue weighted by Crippen LogP contribution is -2.25. The van der Waals surface area contributed by atoms with Gasteiger partial charge in [0.15, 0.2) is 23.0 Å². The molecule has 0 spiro atoms. The highest BCUT2D eigenvalue weighted by Gasteiger charge is 2.38. The van der Waals surface area contributed by atoms with Crippen LogP contribution in [0.1, 0.15) is 15.9 Å². The molecule has 0 fully saturated rings. The molecule has 0 saturated carbocycles. The highest BCUT2D eigenvalue weighted by Crippen LogP contribution is 2.46. The Morgan fingerprint density at radius 3 is 2.04 bits per heavy atom. The van der Waals surface area contributed by atoms with Gasteiger partial charge in [0.25, 0.3) is 5.78 Å². The van der Waals surface area contributed by atoms with E-state index in [-0.39, 0.29) is 0 Å². The Hall–Kier alpha value is -3.69. The lowest BCUT2D eigenvalue weighted by molar-refractivity contribution is -0.138. The summed E-state index contributed by atoms with van der Waals surface area (Å²) in [5, 5.41) is 66.5. The number of carbonyl (C=O) groups is 3. The molecule has 1 aromatic carbocycles. The van der Waals surface area contributed by atoms with E-state index < -0.39 is 69.1 Å². The number of aliphatic hydroxyl groups is 2. The van der Waals surface area contributed by atoms with Crippen LogP contribution in [-0.2, 0) is 9.59 Å². The first-order valence-corrected chi connectivity index (χ1v) is 6.20. The standard InChI is InChI=1S/C14H10O10/c15-5-1-3(13(21)22)7(11(19)9(5)17)8-4(14(23)24)2-6(16)10(18)12(8)20/h1-3,15-16,18-20H,(H,21,22)(H,23,24). The van der Waals surface area contributed by atoms with Crippen molar-refractivity contribution in [2.45, 2.75) is 0 Å². The van der Waals surface area contributed by atoms with Crippen molar-refractivity contribution in [1.82, 2.24) is 0 Å². The van der Waals surface area contributed by atoms with Gasteiger partial charge in [-0.1, -0.05) is 0 Å². The summed E-state index contributed by atoms with van der Waals surface area (Å²) in [7, 11) is 0. The van der Waals surface area contributed by atoms with Crippen LogP contribution in [0.5, 0.6) is 17.2 Å². The normalized spacial score (nSPS) is 17.6. The number of carboxylic acid groups (broad SMARTS) is 2. The number of rotatable bonds is 3. The summed E-state index contributed by atoms with van der Waals surface area (Å²) in [5.41, 5.74) is -2.60. The zero-order valence-electron chi connectivity index (χ0n) is 11.6. The van der Waals surface area contributed by atoms with Gasteiger partial charge in [-0.05, 0) is 12.1 Å². The summed E-state index contributed by atoms with van der Waals surface area (Å²) >= 11 is 0. The minimum Gasteiger partial charge on any atom is -0.504 e. The number of hydrogen-bond acceptors (Lipinski definition) is 8. The van der Waals surface area contributed by atoms with Crippen molar-refractivity contribution < 1.29 is 50.1 Å². The lowest BCUT2D eigenvalue weighted by atomic mass is 9.83. The summed E-state index contributed by atoms with van der Waals surface area (Å²) in [6.45, 7) is 0. The maximum absolute atomic E-state index is 11.7. The summed E-state index contributed by atoms with van der Waals surface area (Å²) in [4.78, 5) is 34.3. The Morgan fingerprint density at radius 1 is 0.958 bits per heavy atom. The average molecular weight is 338 g/mol. The third-order valence-electron chi connectivity index (χ3n) is 3.36. The van der Waals surface area contributed by atoms with Crippen LogP contribution in [0.3, 0.4) is 0 Å². The van der Waals surface area contributed by atoms with Crippen LogP contribution < -0.4 is 0 Å². The first kappa shape index (κ1) is 16.7. The Balaban J connectivity index is 2.92. The molecule has 0 amide bonds. The molecule has 0 heterocycles. The minimum absolute atomic E-state index is 0.508. The van der Waals surface area contributed by atoms with Gasteiger partial charge in [-0.3, -0.25) is 9.59 Å². The van der Waals surface area contributed by atoms with Gasteiger partial charge in [0, 0.05) is 11.1 Å². The average Bonchev–Trinajstić information content (AvgIpc) is 2.50. The van der Waals surface area contributed by atoms with E-state index in [0.717, 1.165) is 0 Å². The number of aromatic carboxylic acids is 1. The van der Waals surface area contributed by atoms with Crippen molar-refractivity contribution in [1.29, 1.82) is 0 Å². The predicted molar refractivity (Wildman–Crippen MR) is 74.8 cm³/mol. The first-order valence-electron chi connectivity index (χ1n) is 6.20. The summed E-state index contributed by atoms with van der Waals surface area (Å²) < 4.78 is 0. The predicted octanol–water partition coefficient (Wildman–Crippen LogP) is 0.496. The van der Waals surface area contributed by atoms with Crippen molar-refractivity contribution in [2.75, 3.05) is 0 Å². The molecule has 1 atom stereocenters. The van der Waals surface area contributed by atoms with E-state index in [4.69, 9.17) is 5.11 Å². The molecule has 0 radical (unpaired) electrons. The van der Waals surface area contributed by atoms with Crippen molar-refractivity contribution in [3.63, 3.8) is 0 Å². The van der Waals surface area contributed by atoms with Gasteiger partial charge in [0.1, 0.15) is 5.92 Å². The van der Waals surface area contributed by atoms with Crippen LogP contribution in [0.15, 0.2) is 23.7 Å². The minimum atomic E-state index is -1.89. The summed E-state index contributed by atoms with van der Waals surface area (Å²) in [6.07, 6.45) is 0.536. The molecule has 1 unspecified atom stereocenters. The lowest BCUT2D eigenvalue weighted by Gasteiger charge is -2.22. The Labute approximate surface area is 132 Å². The smallest absolute Gasteiger partial charge is 0.336 e. The third kappa shape index (κ3) is 2.35. The number of hydrogen-bond donors (Lipinski definition) is 7. The topological polar surface area (TPSA) is 193 Å². The quantitative estimate of drug-likeness (QED) is 0.381. The van der Waals surface area contributed by atoms with Gasteiger partial charge >= 0.3 is 11.9 Å². The highest BCUT2D eigenvalue weighted by atomic mass is 16.4. The molecule has 1 aliphatic rings. The molecule has 0 aromatic heterocycles. The van der Waals surface area contributed by atoms with Crippen molar-refractivity contribution in [3.8, 4) is 17.2 Å². The van der Waals surface area contributed by atoms with Gasteiger partial charge < -0.3 is 35.7 Å². The number of Topliss-reactive ketones (excluding diaryl/α,β-unsaturated/α-hetero) is 1. The van der Waals surface area contributed by atoms with Crippen molar-refractivity contribution >= 4 is 23.3 Å². The van der Waals surface area contributed by atoms with Gasteiger partial charge in [-0.25, -0.2) is 4.79 Å². The van der Waals surface area contributed by atoms with E-state index >= 15 is 0 Å². The fourth-order valence-corrected chi connectivity index (χ4v) is 2.26. The fourth-order valence-electron chi connectivity index (χ4n) is 2.26. The van der Waals surface area contributed by atoms with Gasteiger partial charge in [-0.2, -0.15) is 0 Å². The number of carboxylic acids is 2. The molecule has 0 bridgehead atoms. The second-order valence-electron chi connectivity index (χ2n) is 4.78. The molecule has 0 saturated heterocycles. The molecule has 1 aliphatic carbocycles. The molecule has 10 nitrogen and oxygen atoms in total. The Morgan fingerprint density at radius 2 is 1.54 bits per heavy atom. The van der Waals surface area contributed by atoms with Crippen LogP contribution >= 0.6 is 0 Å². The monoisotopic (exact) mass is 338 g/mol. The van der Waals surface area contributed by atoms with Crippen molar-refractivity contribution in [3.05, 3.63) is 34.8 Å². The van der Waals surface area contributed by atoms with Crippen LogP contribution in [0.2, 0.25) is 0 Å². The maximum Gasteiger partial charge on any atom is 0.336 e. The molecule has 126 valence electrons. The van der Waals surface area contributed by atoms with E-state index in [1.807, 2.05) is 0 Å². The Bertz CT molecular complexity index is 846. The zero-order valence-corrected chi connectivity index (χ0v) is 11.6. The number of aliphatic carboxylic acids is 1. The molecule has 10 heteroatoms. The van der Waals surface area contributed by atoms with Gasteiger partial charge in [-0.15, -0.1) is 0 Å². The first-order chi connectivity index (χ1) is 11.1. The molecular formula is C14H10O10. The zero-order chi connectivity index (χ0) is 18.3. The van der Waals surface area contributed by atoms with Crippen LogP contribution in [-0.4, -0.2) is 53.5 Å². The molecule has 1 aromatic rings. The van der Waals surface area contributed by atoms with Gasteiger partial charge in [0.2, 0.25) is 5.75 Å². The molecule has 24 heavy (non-hydrogen) atoms. The number of ketones is 1. The number of phenols is 3. The largest absolute Gasteiger partial charge is 0.504 e. The number of aromatic hydroxyl groups is 3. The summed E-state index contributed by atoms with van der Waals surface area (Å²) in [5.74, 6) is -12.5. The second kappa shape index (κ2) is 5.50. The number of benzene rings is 1. The van der Waals surface area contributed by atoms with E-state index in [9.17, 15) is 45.0 Å². The Kier molecular flexibility index (Phi) is 3.82. The van der Waals surface area contributed by atoms with Gasteiger partial charge in [0.05, 0.1) is 5.56 Å². The number of phenolic OH excluding ortho intramolecular Hbond substituents is 3. The number of carbonyl (C=O) groups excluding carboxylic acids is 1. The third-order valence-corrected chi connectivity index (χ3v) is 3.36. The fraction of sp³-hybridized carbons (Fsp3) is 0.0714. The SMILES string of the molecule is O=C1C(O)=CC(C(=O)O)C(c2c(C(=O)O)cc(O)c(O)c2O)=C1O. The van der Waals surface area contributed by atoms with E-state index in [1.165, 1.54) is 0 Å². The van der Waals surface area contributed by atoms with E-state index in [2.05, 4.69) is 0 Å². The number of aliphatic hydroxyl groups excluding tert-OH is 2. The van der Waals surface area contributed by atoms with Crippen LogP contribution in [0.25, 0.3) is 5.57 Å². The molecule has 0 aliphatic heterocycles. The van der Waals surface area contributed by atoms with Crippen LogP contribution in [0, 0.1) is 5.92 Å². The molecular weight excluding hydrogens is 328 g/mol. The second-order valence-corrected chi connectivity index (χ2v) is 4.78.